The summed E-state index contributed by atoms with van der Waals surface area (Å²) in [4.78, 5) is 10.2. The van der Waals surface area contributed by atoms with Gasteiger partial charge in [-0.2, -0.15) is 4.36 Å². The maximum absolute atomic E-state index is 10.2. The van der Waals surface area contributed by atoms with Gasteiger partial charge in [0, 0.05) is 0 Å². The minimum atomic E-state index is -0.602. The molecule has 48 valence electrons. The number of hydrogen-bond acceptors (Lipinski definition) is 1. The molecule has 0 saturated carbocycles. The quantitative estimate of drug-likeness (QED) is 0.537. The topological polar surface area (TPSA) is 55.5 Å². The third-order valence-electron chi connectivity index (χ3n) is 0.742. The average Bonchev–Trinajstić information content (AvgIpc) is 2.15. The molecule has 4 heteroatoms. The zero-order valence-electron chi connectivity index (χ0n) is 4.65. The number of carbonyl (C=O) groups is 1. The van der Waals surface area contributed by atoms with E-state index in [2.05, 4.69) is 4.36 Å². The molecular formula is C5H6N2OS. The third kappa shape index (κ3) is 1.81. The molecule has 0 fully saturated rings. The van der Waals surface area contributed by atoms with Crippen LogP contribution in [0.5, 0.6) is 0 Å². The molecule has 0 saturated heterocycles. The lowest BCUT2D eigenvalue weighted by Gasteiger charge is -1.84. The van der Waals surface area contributed by atoms with E-state index in [1.807, 2.05) is 23.0 Å². The fourth-order valence-corrected chi connectivity index (χ4v) is 1.39. The zero-order valence-corrected chi connectivity index (χ0v) is 5.47. The van der Waals surface area contributed by atoms with E-state index in [0.717, 1.165) is 0 Å². The summed E-state index contributed by atoms with van der Waals surface area (Å²) in [6.45, 7) is 0. The van der Waals surface area contributed by atoms with Crippen LogP contribution >= 0.6 is 0 Å². The van der Waals surface area contributed by atoms with E-state index < -0.39 is 6.03 Å². The highest BCUT2D eigenvalue weighted by molar-refractivity contribution is 7.93. The van der Waals surface area contributed by atoms with Gasteiger partial charge in [0.2, 0.25) is 0 Å². The molecule has 0 atom stereocenters. The lowest BCUT2D eigenvalue weighted by Crippen LogP contribution is -2.03. The third-order valence-corrected chi connectivity index (χ3v) is 2.01. The molecule has 0 radical (unpaired) electrons. The molecule has 0 aliphatic carbocycles. The van der Waals surface area contributed by atoms with Crippen LogP contribution in [0.4, 0.5) is 4.79 Å². The Morgan fingerprint density at radius 1 is 1.44 bits per heavy atom. The maximum Gasteiger partial charge on any atom is 0.344 e. The average molecular weight is 142 g/mol. The summed E-state index contributed by atoms with van der Waals surface area (Å²) in [5, 5.41) is 3.65. The standard InChI is InChI=1S/C5H6N2OS/c6-5(8)7-9-3-1-2-4-9/h1-4H,(H2,6,8). The van der Waals surface area contributed by atoms with Gasteiger partial charge in [0.1, 0.15) is 0 Å². The van der Waals surface area contributed by atoms with Crippen molar-refractivity contribution >= 4 is 16.7 Å². The second kappa shape index (κ2) is 2.59. The van der Waals surface area contributed by atoms with Crippen LogP contribution in [0.15, 0.2) is 27.3 Å². The van der Waals surface area contributed by atoms with E-state index in [1.165, 1.54) is 0 Å². The summed E-state index contributed by atoms with van der Waals surface area (Å²) in [7, 11) is -0.368. The van der Waals surface area contributed by atoms with Crippen molar-refractivity contribution in [2.24, 2.45) is 10.1 Å². The molecule has 1 heterocycles. The van der Waals surface area contributed by atoms with Crippen molar-refractivity contribution in [1.82, 2.24) is 0 Å². The summed E-state index contributed by atoms with van der Waals surface area (Å²) in [6, 6.07) is -0.602. The number of primary amides is 1. The SMILES string of the molecule is NC(=O)N=S1C=CC=C1. The fraction of sp³-hybridized carbons (Fsp3) is 0. The van der Waals surface area contributed by atoms with Crippen LogP contribution in [0.2, 0.25) is 0 Å². The molecule has 0 aromatic heterocycles. The Hall–Kier alpha value is -0.900. The number of hydrogen-bond donors (Lipinski definition) is 1. The van der Waals surface area contributed by atoms with Crippen LogP contribution in [0, 0.1) is 0 Å². The second-order valence-corrected chi connectivity index (χ2v) is 2.85. The van der Waals surface area contributed by atoms with Crippen molar-refractivity contribution < 1.29 is 4.79 Å². The number of rotatable bonds is 0. The summed E-state index contributed by atoms with van der Waals surface area (Å²) in [5.74, 6) is 0. The molecule has 0 aromatic carbocycles. The van der Waals surface area contributed by atoms with Gasteiger partial charge < -0.3 is 5.73 Å². The minimum Gasteiger partial charge on any atom is -0.349 e. The second-order valence-electron chi connectivity index (χ2n) is 1.43. The van der Waals surface area contributed by atoms with Gasteiger partial charge in [-0.25, -0.2) is 4.79 Å². The summed E-state index contributed by atoms with van der Waals surface area (Å²) in [6.07, 6.45) is 3.69. The number of carbonyl (C=O) groups excluding carboxylic acids is 1. The van der Waals surface area contributed by atoms with Crippen LogP contribution in [0.3, 0.4) is 0 Å². The first-order chi connectivity index (χ1) is 4.29. The predicted octanol–water partition coefficient (Wildman–Crippen LogP) is 0.908. The maximum atomic E-state index is 10.2. The van der Waals surface area contributed by atoms with Crippen LogP contribution in [-0.2, 0) is 10.7 Å². The highest BCUT2D eigenvalue weighted by Gasteiger charge is 1.91. The highest BCUT2D eigenvalue weighted by atomic mass is 32.2. The van der Waals surface area contributed by atoms with E-state index in [-0.39, 0.29) is 10.7 Å². The zero-order chi connectivity index (χ0) is 6.69. The highest BCUT2D eigenvalue weighted by Crippen LogP contribution is 2.01. The van der Waals surface area contributed by atoms with Crippen LogP contribution in [0.25, 0.3) is 0 Å². The van der Waals surface area contributed by atoms with E-state index in [4.69, 9.17) is 5.73 Å². The van der Waals surface area contributed by atoms with Crippen molar-refractivity contribution in [3.05, 3.63) is 23.0 Å². The normalized spacial score (nSPS) is 16.4. The van der Waals surface area contributed by atoms with E-state index in [0.29, 0.717) is 0 Å². The first-order valence-corrected chi connectivity index (χ1v) is 3.68. The van der Waals surface area contributed by atoms with Crippen molar-refractivity contribution in [2.75, 3.05) is 0 Å². The Morgan fingerprint density at radius 3 is 2.44 bits per heavy atom. The number of urea groups is 1. The lowest BCUT2D eigenvalue weighted by molar-refractivity contribution is 0.257. The molecule has 0 bridgehead atoms. The van der Waals surface area contributed by atoms with Crippen molar-refractivity contribution in [1.29, 1.82) is 0 Å². The molecule has 2 amide bonds. The Balaban J connectivity index is 2.73. The summed E-state index contributed by atoms with van der Waals surface area (Å²) in [5.41, 5.74) is 4.81. The van der Waals surface area contributed by atoms with Gasteiger partial charge in [0.05, 0.1) is 0 Å². The molecule has 0 aromatic rings. The lowest BCUT2D eigenvalue weighted by atomic mass is 10.6. The molecule has 0 spiro atoms. The first kappa shape index (κ1) is 6.22. The van der Waals surface area contributed by atoms with Crippen LogP contribution in [-0.4, -0.2) is 6.03 Å². The Kier molecular flexibility index (Phi) is 1.79. The van der Waals surface area contributed by atoms with E-state index >= 15 is 0 Å². The fourth-order valence-electron chi connectivity index (χ4n) is 0.462. The van der Waals surface area contributed by atoms with Crippen molar-refractivity contribution in [3.8, 4) is 0 Å². The van der Waals surface area contributed by atoms with Gasteiger partial charge in [0.25, 0.3) is 0 Å². The Bertz CT molecular complexity index is 203. The minimum absolute atomic E-state index is 0.368. The molecular weight excluding hydrogens is 136 g/mol. The van der Waals surface area contributed by atoms with Gasteiger partial charge in [-0.15, -0.1) is 0 Å². The van der Waals surface area contributed by atoms with Crippen LogP contribution < -0.4 is 5.73 Å². The van der Waals surface area contributed by atoms with Gasteiger partial charge in [-0.05, 0) is 21.5 Å². The molecule has 9 heavy (non-hydrogen) atoms. The smallest absolute Gasteiger partial charge is 0.344 e. The molecule has 0 unspecified atom stereocenters. The van der Waals surface area contributed by atoms with Crippen molar-refractivity contribution in [2.45, 2.75) is 0 Å². The van der Waals surface area contributed by atoms with Gasteiger partial charge in [-0.3, -0.25) is 0 Å². The van der Waals surface area contributed by atoms with Gasteiger partial charge in [0.15, 0.2) is 0 Å². The van der Waals surface area contributed by atoms with Gasteiger partial charge in [-0.1, -0.05) is 12.2 Å². The largest absolute Gasteiger partial charge is 0.349 e. The first-order valence-electron chi connectivity index (χ1n) is 2.37. The Morgan fingerprint density at radius 2 is 2.00 bits per heavy atom. The van der Waals surface area contributed by atoms with Gasteiger partial charge >= 0.3 is 6.03 Å². The monoisotopic (exact) mass is 142 g/mol. The number of nitrogens with zero attached hydrogens (tertiary/aromatic N) is 1. The number of allylic oxidation sites excluding steroid dienone is 2. The predicted molar refractivity (Wildman–Crippen MR) is 37.7 cm³/mol. The Labute approximate surface area is 55.3 Å². The van der Waals surface area contributed by atoms with Crippen molar-refractivity contribution in [3.63, 3.8) is 0 Å². The number of nitrogens with two attached hydrogens (primary N) is 1. The number of amides is 2. The molecule has 2 N–H and O–H groups in total. The molecule has 1 rings (SSSR count). The van der Waals surface area contributed by atoms with E-state index in [1.54, 1.807) is 0 Å². The summed E-state index contributed by atoms with van der Waals surface area (Å²) < 4.78 is 3.57. The molecule has 3 nitrogen and oxygen atoms in total. The molecule has 1 aliphatic rings. The molecule has 1 aliphatic heterocycles. The summed E-state index contributed by atoms with van der Waals surface area (Å²) >= 11 is 0. The van der Waals surface area contributed by atoms with Crippen LogP contribution in [0.1, 0.15) is 0 Å². The van der Waals surface area contributed by atoms with E-state index in [9.17, 15) is 4.79 Å².